The van der Waals surface area contributed by atoms with Crippen molar-refractivity contribution in [1.82, 2.24) is 0 Å². The first kappa shape index (κ1) is 18.8. The Balaban J connectivity index is 2.24. The Hall–Kier alpha value is -3.01. The van der Waals surface area contributed by atoms with Crippen molar-refractivity contribution >= 4 is 5.71 Å². The third-order valence-electron chi connectivity index (χ3n) is 5.80. The van der Waals surface area contributed by atoms with Crippen LogP contribution in [0.4, 0.5) is 4.39 Å². The summed E-state index contributed by atoms with van der Waals surface area (Å²) in [5, 5.41) is 38.1. The molecule has 0 aromatic heterocycles. The number of benzene rings is 1. The minimum Gasteiger partial charge on any atom is -0.331 e. The SMILES string of the molecule is CCC[NH+]1CC=C2C(C#N)C(=N)C(C#N)(C#N)[C@@H](c3ccccc3F)[C@@H]2C1. The summed E-state index contributed by atoms with van der Waals surface area (Å²) in [6.45, 7) is 4.37. The molecule has 2 N–H and O–H groups in total. The lowest BCUT2D eigenvalue weighted by atomic mass is 9.54. The third-order valence-corrected chi connectivity index (χ3v) is 5.80. The quantitative estimate of drug-likeness (QED) is 0.804. The van der Waals surface area contributed by atoms with Gasteiger partial charge in [0.1, 0.15) is 11.7 Å². The standard InChI is InChI=1S/C21H20FN5/c1-2-8-27-9-7-14-16(10-23)20(26)21(12-24,13-25)19(17(14)11-27)15-5-3-4-6-18(15)22/h3-7,16-17,19,26H,2,8-9,11H2,1H3/p+1/t16?,17-,19+/m1/s1. The monoisotopic (exact) mass is 362 g/mol. The van der Waals surface area contributed by atoms with Crippen LogP contribution in [0, 0.1) is 62.5 Å². The van der Waals surface area contributed by atoms with E-state index >= 15 is 0 Å². The van der Waals surface area contributed by atoms with Crippen LogP contribution in [0.25, 0.3) is 0 Å². The van der Waals surface area contributed by atoms with E-state index < -0.39 is 23.1 Å². The second-order valence-corrected chi connectivity index (χ2v) is 7.23. The van der Waals surface area contributed by atoms with Crippen LogP contribution in [0.3, 0.4) is 0 Å². The Bertz CT molecular complexity index is 900. The van der Waals surface area contributed by atoms with Gasteiger partial charge in [-0.2, -0.15) is 15.8 Å². The summed E-state index contributed by atoms with van der Waals surface area (Å²) in [6, 6.07) is 12.3. The first-order valence-corrected chi connectivity index (χ1v) is 9.13. The Morgan fingerprint density at radius 3 is 2.56 bits per heavy atom. The van der Waals surface area contributed by atoms with Gasteiger partial charge in [0.2, 0.25) is 0 Å². The molecule has 1 fully saturated rings. The maximum Gasteiger partial charge on any atom is 0.190 e. The zero-order valence-electron chi connectivity index (χ0n) is 15.2. The van der Waals surface area contributed by atoms with Crippen molar-refractivity contribution in [3.8, 4) is 18.2 Å². The molecule has 0 saturated heterocycles. The van der Waals surface area contributed by atoms with E-state index in [1.54, 1.807) is 18.2 Å². The first-order chi connectivity index (χ1) is 13.0. The van der Waals surface area contributed by atoms with E-state index in [0.717, 1.165) is 25.1 Å². The second-order valence-electron chi connectivity index (χ2n) is 7.23. The summed E-state index contributed by atoms with van der Waals surface area (Å²) < 4.78 is 14.7. The van der Waals surface area contributed by atoms with E-state index in [2.05, 4.69) is 13.0 Å². The molecular weight excluding hydrogens is 341 g/mol. The summed E-state index contributed by atoms with van der Waals surface area (Å²) >= 11 is 0. The first-order valence-electron chi connectivity index (χ1n) is 9.13. The summed E-state index contributed by atoms with van der Waals surface area (Å²) in [5.74, 6) is -2.51. The van der Waals surface area contributed by atoms with Crippen molar-refractivity contribution in [2.24, 2.45) is 17.3 Å². The van der Waals surface area contributed by atoms with Crippen molar-refractivity contribution in [3.05, 3.63) is 47.3 Å². The molecule has 1 aromatic carbocycles. The summed E-state index contributed by atoms with van der Waals surface area (Å²) in [6.07, 6.45) is 2.95. The van der Waals surface area contributed by atoms with Gasteiger partial charge in [0.05, 0.1) is 43.6 Å². The molecule has 1 aliphatic carbocycles. The van der Waals surface area contributed by atoms with Gasteiger partial charge < -0.3 is 10.3 Å². The number of quaternary nitrogens is 1. The number of hydrogen-bond donors (Lipinski definition) is 2. The molecule has 1 heterocycles. The van der Waals surface area contributed by atoms with E-state index in [1.807, 2.05) is 18.2 Å². The Kier molecular flexibility index (Phi) is 5.08. The smallest absolute Gasteiger partial charge is 0.190 e. The highest BCUT2D eigenvalue weighted by atomic mass is 19.1. The average Bonchev–Trinajstić information content (AvgIpc) is 2.68. The highest BCUT2D eigenvalue weighted by molar-refractivity contribution is 6.00. The van der Waals surface area contributed by atoms with Crippen LogP contribution in [-0.4, -0.2) is 25.3 Å². The summed E-state index contributed by atoms with van der Waals surface area (Å²) in [4.78, 5) is 1.28. The molecule has 2 unspecified atom stereocenters. The molecule has 2 aliphatic rings. The molecule has 3 rings (SSSR count). The fourth-order valence-electron chi connectivity index (χ4n) is 4.59. The zero-order chi connectivity index (χ0) is 19.6. The second kappa shape index (κ2) is 7.31. The number of hydrogen-bond acceptors (Lipinski definition) is 4. The largest absolute Gasteiger partial charge is 0.331 e. The van der Waals surface area contributed by atoms with Crippen molar-refractivity contribution in [2.45, 2.75) is 19.3 Å². The van der Waals surface area contributed by atoms with Crippen LogP contribution in [-0.2, 0) is 0 Å². The highest BCUT2D eigenvalue weighted by Crippen LogP contribution is 2.52. The fraction of sp³-hybridized carbons (Fsp3) is 0.429. The van der Waals surface area contributed by atoms with Crippen LogP contribution in [0.2, 0.25) is 0 Å². The highest BCUT2D eigenvalue weighted by Gasteiger charge is 2.59. The Morgan fingerprint density at radius 2 is 1.96 bits per heavy atom. The minimum atomic E-state index is -1.85. The van der Waals surface area contributed by atoms with Gasteiger partial charge in [-0.1, -0.05) is 25.1 Å². The molecule has 0 bridgehead atoms. The van der Waals surface area contributed by atoms with E-state index in [-0.39, 0.29) is 17.2 Å². The lowest BCUT2D eigenvalue weighted by Gasteiger charge is -2.46. The number of nitriles is 3. The predicted octanol–water partition coefficient (Wildman–Crippen LogP) is 1.97. The lowest BCUT2D eigenvalue weighted by molar-refractivity contribution is -0.899. The average molecular weight is 362 g/mol. The number of nitrogens with one attached hydrogen (secondary N) is 2. The normalized spacial score (nSPS) is 28.9. The molecule has 0 spiro atoms. The maximum atomic E-state index is 14.7. The van der Waals surface area contributed by atoms with Gasteiger partial charge in [-0.25, -0.2) is 4.39 Å². The van der Waals surface area contributed by atoms with Gasteiger partial charge in [-0.05, 0) is 29.7 Å². The van der Waals surface area contributed by atoms with Gasteiger partial charge in [0, 0.05) is 11.8 Å². The van der Waals surface area contributed by atoms with Crippen LogP contribution in [0.1, 0.15) is 24.8 Å². The van der Waals surface area contributed by atoms with Gasteiger partial charge in [-0.3, -0.25) is 0 Å². The Labute approximate surface area is 158 Å². The molecule has 0 radical (unpaired) electrons. The van der Waals surface area contributed by atoms with Crippen LogP contribution in [0.5, 0.6) is 0 Å². The fourth-order valence-corrected chi connectivity index (χ4v) is 4.59. The maximum absolute atomic E-state index is 14.7. The number of nitrogens with zero attached hydrogens (tertiary/aromatic N) is 3. The molecular formula is C21H21FN5+. The van der Waals surface area contributed by atoms with Crippen molar-refractivity contribution in [2.75, 3.05) is 19.6 Å². The van der Waals surface area contributed by atoms with Crippen molar-refractivity contribution in [3.63, 3.8) is 0 Å². The van der Waals surface area contributed by atoms with E-state index in [9.17, 15) is 20.2 Å². The molecule has 6 heteroatoms. The van der Waals surface area contributed by atoms with Gasteiger partial charge in [0.25, 0.3) is 0 Å². The molecule has 27 heavy (non-hydrogen) atoms. The number of fused-ring (bicyclic) bond motifs is 1. The minimum absolute atomic E-state index is 0.232. The third kappa shape index (κ3) is 2.81. The molecule has 0 amide bonds. The molecule has 136 valence electrons. The van der Waals surface area contributed by atoms with Crippen LogP contribution >= 0.6 is 0 Å². The summed E-state index contributed by atoms with van der Waals surface area (Å²) in [7, 11) is 0. The van der Waals surface area contributed by atoms with Gasteiger partial charge >= 0.3 is 0 Å². The van der Waals surface area contributed by atoms with Crippen LogP contribution in [0.15, 0.2) is 35.9 Å². The van der Waals surface area contributed by atoms with Gasteiger partial charge in [0.15, 0.2) is 5.41 Å². The summed E-state index contributed by atoms with van der Waals surface area (Å²) in [5.41, 5.74) is -1.05. The van der Waals surface area contributed by atoms with Gasteiger partial charge in [-0.15, -0.1) is 0 Å². The zero-order valence-corrected chi connectivity index (χ0v) is 15.2. The molecule has 1 aromatic rings. The molecule has 5 nitrogen and oxygen atoms in total. The predicted molar refractivity (Wildman–Crippen MR) is 97.1 cm³/mol. The topological polar surface area (TPSA) is 99.7 Å². The Morgan fingerprint density at radius 1 is 1.26 bits per heavy atom. The van der Waals surface area contributed by atoms with E-state index in [1.165, 1.54) is 11.0 Å². The molecule has 1 aliphatic heterocycles. The molecule has 1 saturated carbocycles. The molecule has 4 atom stereocenters. The van der Waals surface area contributed by atoms with Crippen molar-refractivity contribution in [1.29, 1.82) is 21.2 Å². The number of rotatable bonds is 3. The van der Waals surface area contributed by atoms with E-state index in [0.29, 0.717) is 6.54 Å². The van der Waals surface area contributed by atoms with Crippen LogP contribution < -0.4 is 4.90 Å². The van der Waals surface area contributed by atoms with E-state index in [4.69, 9.17) is 5.41 Å². The number of halogens is 1. The van der Waals surface area contributed by atoms with Crippen molar-refractivity contribution < 1.29 is 9.29 Å². The lowest BCUT2D eigenvalue weighted by Crippen LogP contribution is -3.13.